The molecule has 0 unspecified atom stereocenters. The third-order valence-corrected chi connectivity index (χ3v) is 2.64. The van der Waals surface area contributed by atoms with Crippen molar-refractivity contribution < 1.29 is 9.53 Å². The Balaban J connectivity index is 2.58. The Morgan fingerprint density at radius 1 is 1.35 bits per heavy atom. The number of carbonyl (C=O) groups excluding carboxylic acids is 1. The first-order chi connectivity index (χ1) is 8.15. The largest absolute Gasteiger partial charge is 0.496 e. The van der Waals surface area contributed by atoms with Gasteiger partial charge in [-0.2, -0.15) is 0 Å². The number of nitrogens with one attached hydrogen (secondary N) is 1. The van der Waals surface area contributed by atoms with Gasteiger partial charge in [0.1, 0.15) is 17.3 Å². The van der Waals surface area contributed by atoms with Crippen molar-refractivity contribution in [1.29, 1.82) is 0 Å². The van der Waals surface area contributed by atoms with Gasteiger partial charge >= 0.3 is 0 Å². The molecular weight excluding hydrogens is 216 g/mol. The summed E-state index contributed by atoms with van der Waals surface area (Å²) in [6.07, 6.45) is 0.748. The Morgan fingerprint density at radius 2 is 2.12 bits per heavy atom. The Bertz CT molecular complexity index is 559. The first-order valence-electron chi connectivity index (χ1n) is 5.32. The highest BCUT2D eigenvalue weighted by molar-refractivity contribution is 5.76. The van der Waals surface area contributed by atoms with E-state index in [0.717, 1.165) is 28.9 Å². The summed E-state index contributed by atoms with van der Waals surface area (Å²) >= 11 is 0. The number of aldehydes is 1. The second-order valence-electron chi connectivity index (χ2n) is 3.92. The highest BCUT2D eigenvalue weighted by Gasteiger charge is 2.12. The molecule has 0 aliphatic rings. The molecule has 4 nitrogen and oxygen atoms in total. The Kier molecular flexibility index (Phi) is 2.95. The van der Waals surface area contributed by atoms with Crippen molar-refractivity contribution in [2.45, 2.75) is 13.8 Å². The van der Waals surface area contributed by atoms with E-state index in [9.17, 15) is 4.79 Å². The number of aromatic amines is 1. The van der Waals surface area contributed by atoms with Crippen LogP contribution >= 0.6 is 0 Å². The summed E-state index contributed by atoms with van der Waals surface area (Å²) in [4.78, 5) is 18.1. The molecular formula is C13H14N2O2. The predicted molar refractivity (Wildman–Crippen MR) is 65.4 cm³/mol. The van der Waals surface area contributed by atoms with E-state index >= 15 is 0 Å². The third-order valence-electron chi connectivity index (χ3n) is 2.64. The number of carbonyl (C=O) groups is 1. The maximum Gasteiger partial charge on any atom is 0.170 e. The number of H-pyrrole nitrogens is 1. The van der Waals surface area contributed by atoms with E-state index < -0.39 is 0 Å². The summed E-state index contributed by atoms with van der Waals surface area (Å²) in [5.74, 6) is 1.40. The lowest BCUT2D eigenvalue weighted by atomic mass is 10.1. The van der Waals surface area contributed by atoms with Crippen molar-refractivity contribution in [2.24, 2.45) is 0 Å². The number of hydrogen-bond acceptors (Lipinski definition) is 3. The Morgan fingerprint density at radius 3 is 2.71 bits per heavy atom. The lowest BCUT2D eigenvalue weighted by Crippen LogP contribution is -1.90. The van der Waals surface area contributed by atoms with Gasteiger partial charge in [0.05, 0.1) is 12.7 Å². The average Bonchev–Trinajstić information content (AvgIpc) is 2.70. The number of rotatable bonds is 3. The third kappa shape index (κ3) is 2.06. The number of aromatic nitrogens is 2. The Hall–Kier alpha value is -2.10. The fourth-order valence-electron chi connectivity index (χ4n) is 1.72. The van der Waals surface area contributed by atoms with E-state index in [1.807, 2.05) is 32.0 Å². The van der Waals surface area contributed by atoms with Crippen LogP contribution in [-0.4, -0.2) is 23.4 Å². The average molecular weight is 230 g/mol. The van der Waals surface area contributed by atoms with Crippen LogP contribution in [0.4, 0.5) is 0 Å². The minimum absolute atomic E-state index is 0.434. The number of methoxy groups -OCH3 is 1. The zero-order valence-electron chi connectivity index (χ0n) is 10.1. The van der Waals surface area contributed by atoms with Gasteiger partial charge in [0.25, 0.3) is 0 Å². The second-order valence-corrected chi connectivity index (χ2v) is 3.92. The number of hydrogen-bond donors (Lipinski definition) is 1. The van der Waals surface area contributed by atoms with E-state index in [0.29, 0.717) is 11.5 Å². The van der Waals surface area contributed by atoms with Crippen molar-refractivity contribution in [3.63, 3.8) is 0 Å². The van der Waals surface area contributed by atoms with Crippen molar-refractivity contribution in [1.82, 2.24) is 9.97 Å². The molecule has 0 spiro atoms. The molecule has 0 aliphatic carbocycles. The number of imidazole rings is 1. The van der Waals surface area contributed by atoms with Crippen LogP contribution in [0.3, 0.4) is 0 Å². The number of ether oxygens (including phenoxy) is 1. The van der Waals surface area contributed by atoms with Crippen molar-refractivity contribution >= 4 is 6.29 Å². The van der Waals surface area contributed by atoms with E-state index in [1.54, 1.807) is 7.11 Å². The number of aryl methyl sites for hydroxylation is 2. The molecule has 0 bridgehead atoms. The van der Waals surface area contributed by atoms with Crippen LogP contribution in [0.1, 0.15) is 21.7 Å². The van der Waals surface area contributed by atoms with Gasteiger partial charge in [-0.25, -0.2) is 4.98 Å². The second kappa shape index (κ2) is 4.41. The topological polar surface area (TPSA) is 55.0 Å². The predicted octanol–water partition coefficient (Wildman–Crippen LogP) is 2.51. The minimum atomic E-state index is 0.434. The van der Waals surface area contributed by atoms with Gasteiger partial charge < -0.3 is 9.72 Å². The van der Waals surface area contributed by atoms with E-state index in [4.69, 9.17) is 4.74 Å². The molecule has 0 saturated heterocycles. The normalized spacial score (nSPS) is 10.3. The van der Waals surface area contributed by atoms with Crippen molar-refractivity contribution in [2.75, 3.05) is 7.11 Å². The van der Waals surface area contributed by atoms with E-state index in [1.165, 1.54) is 0 Å². The fourth-order valence-corrected chi connectivity index (χ4v) is 1.72. The van der Waals surface area contributed by atoms with Crippen LogP contribution in [0.5, 0.6) is 5.75 Å². The zero-order chi connectivity index (χ0) is 12.4. The van der Waals surface area contributed by atoms with Crippen molar-refractivity contribution in [3.8, 4) is 17.1 Å². The molecule has 1 N–H and O–H groups in total. The van der Waals surface area contributed by atoms with Gasteiger partial charge in [0.15, 0.2) is 6.29 Å². The molecule has 0 radical (unpaired) electrons. The van der Waals surface area contributed by atoms with Crippen LogP contribution in [0.2, 0.25) is 0 Å². The molecule has 0 atom stereocenters. The van der Waals surface area contributed by atoms with Gasteiger partial charge in [-0.15, -0.1) is 0 Å². The summed E-state index contributed by atoms with van der Waals surface area (Å²) in [5.41, 5.74) is 3.17. The minimum Gasteiger partial charge on any atom is -0.496 e. The summed E-state index contributed by atoms with van der Waals surface area (Å²) in [6, 6.07) is 5.84. The molecule has 1 aromatic heterocycles. The van der Waals surface area contributed by atoms with Crippen LogP contribution in [0.25, 0.3) is 11.4 Å². The first-order valence-corrected chi connectivity index (χ1v) is 5.32. The highest BCUT2D eigenvalue weighted by Crippen LogP contribution is 2.29. The smallest absolute Gasteiger partial charge is 0.170 e. The van der Waals surface area contributed by atoms with Crippen LogP contribution in [0, 0.1) is 13.8 Å². The van der Waals surface area contributed by atoms with Gasteiger partial charge in [0.2, 0.25) is 0 Å². The van der Waals surface area contributed by atoms with Gasteiger partial charge in [-0.05, 0) is 26.0 Å². The van der Waals surface area contributed by atoms with Crippen molar-refractivity contribution in [3.05, 3.63) is 35.2 Å². The Labute approximate surface area is 99.7 Å². The summed E-state index contributed by atoms with van der Waals surface area (Å²) in [5, 5.41) is 0. The highest BCUT2D eigenvalue weighted by atomic mass is 16.5. The molecule has 0 saturated carbocycles. The monoisotopic (exact) mass is 230 g/mol. The first kappa shape index (κ1) is 11.4. The van der Waals surface area contributed by atoms with Gasteiger partial charge in [0, 0.05) is 5.69 Å². The molecule has 17 heavy (non-hydrogen) atoms. The molecule has 0 fully saturated rings. The fraction of sp³-hybridized carbons (Fsp3) is 0.231. The maximum absolute atomic E-state index is 10.8. The van der Waals surface area contributed by atoms with E-state index in [2.05, 4.69) is 9.97 Å². The standard InChI is InChI=1S/C13H14N2O2/c1-8-4-5-12(17-3)10(6-8)13-14-9(2)11(7-16)15-13/h4-7H,1-3H3,(H,14,15). The molecule has 1 heterocycles. The van der Waals surface area contributed by atoms with E-state index in [-0.39, 0.29) is 0 Å². The maximum atomic E-state index is 10.8. The van der Waals surface area contributed by atoms with Crippen LogP contribution in [0.15, 0.2) is 18.2 Å². The number of nitrogens with zero attached hydrogens (tertiary/aromatic N) is 1. The van der Waals surface area contributed by atoms with Crippen LogP contribution < -0.4 is 4.74 Å². The summed E-state index contributed by atoms with van der Waals surface area (Å²) in [7, 11) is 1.62. The van der Waals surface area contributed by atoms with Crippen LogP contribution in [-0.2, 0) is 0 Å². The molecule has 4 heteroatoms. The lowest BCUT2D eigenvalue weighted by Gasteiger charge is -2.06. The van der Waals surface area contributed by atoms with Gasteiger partial charge in [-0.1, -0.05) is 11.6 Å². The molecule has 0 amide bonds. The molecule has 2 aromatic rings. The summed E-state index contributed by atoms with van der Waals surface area (Å²) in [6.45, 7) is 3.82. The molecule has 2 rings (SSSR count). The quantitative estimate of drug-likeness (QED) is 0.824. The lowest BCUT2D eigenvalue weighted by molar-refractivity contribution is 0.111. The zero-order valence-corrected chi connectivity index (χ0v) is 10.1. The molecule has 1 aromatic carbocycles. The molecule has 0 aliphatic heterocycles. The number of benzene rings is 1. The SMILES string of the molecule is COc1ccc(C)cc1-c1nc(C=O)c(C)[nH]1. The summed E-state index contributed by atoms with van der Waals surface area (Å²) < 4.78 is 5.29. The van der Waals surface area contributed by atoms with Gasteiger partial charge in [-0.3, -0.25) is 4.79 Å². The molecule has 88 valence electrons.